The quantitative estimate of drug-likeness (QED) is 0.664. The van der Waals surface area contributed by atoms with Crippen LogP contribution in [-0.2, 0) is 11.8 Å². The summed E-state index contributed by atoms with van der Waals surface area (Å²) in [6, 6.07) is 11.2. The van der Waals surface area contributed by atoms with Crippen LogP contribution in [0.2, 0.25) is 0 Å². The molecule has 1 atom stereocenters. The number of carbonyl (C=O) groups excluding carboxylic acids is 1. The zero-order valence-electron chi connectivity index (χ0n) is 14.8. The van der Waals surface area contributed by atoms with Crippen molar-refractivity contribution < 1.29 is 14.3 Å². The van der Waals surface area contributed by atoms with Crippen molar-refractivity contribution in [3.8, 4) is 5.75 Å². The van der Waals surface area contributed by atoms with Gasteiger partial charge in [-0.25, -0.2) is 14.8 Å². The molecule has 0 aliphatic rings. The standard InChI is InChI=1S/C19H21N3O3/c1-12(2)24-16-10-7-11-20-17(16)19(23)25-13(3)18-21-14-8-5-6-9-15(14)22(18)4/h5-13H,1-4H3/t13-/m1/s1. The summed E-state index contributed by atoms with van der Waals surface area (Å²) in [5.74, 6) is 0.562. The van der Waals surface area contributed by atoms with E-state index in [0.717, 1.165) is 11.0 Å². The van der Waals surface area contributed by atoms with Gasteiger partial charge in [-0.2, -0.15) is 0 Å². The molecule has 0 unspecified atom stereocenters. The van der Waals surface area contributed by atoms with Gasteiger partial charge in [0.2, 0.25) is 0 Å². The molecule has 6 nitrogen and oxygen atoms in total. The first kappa shape index (κ1) is 17.0. The molecule has 1 aromatic carbocycles. The van der Waals surface area contributed by atoms with E-state index >= 15 is 0 Å². The number of benzene rings is 1. The van der Waals surface area contributed by atoms with Crippen molar-refractivity contribution in [3.05, 3.63) is 54.1 Å². The smallest absolute Gasteiger partial charge is 0.361 e. The Kier molecular flexibility index (Phi) is 4.70. The number of carbonyl (C=O) groups is 1. The van der Waals surface area contributed by atoms with E-state index in [4.69, 9.17) is 9.47 Å². The lowest BCUT2D eigenvalue weighted by Gasteiger charge is -2.15. The molecule has 2 aromatic heterocycles. The Balaban J connectivity index is 1.84. The Morgan fingerprint density at radius 2 is 1.88 bits per heavy atom. The molecule has 0 N–H and O–H groups in total. The van der Waals surface area contributed by atoms with Crippen molar-refractivity contribution in [2.24, 2.45) is 7.05 Å². The van der Waals surface area contributed by atoms with Crippen molar-refractivity contribution in [1.29, 1.82) is 0 Å². The van der Waals surface area contributed by atoms with Crippen LogP contribution in [0.4, 0.5) is 0 Å². The molecule has 3 aromatic rings. The fourth-order valence-corrected chi connectivity index (χ4v) is 2.69. The number of imidazole rings is 1. The highest BCUT2D eigenvalue weighted by atomic mass is 16.5. The van der Waals surface area contributed by atoms with Crippen LogP contribution < -0.4 is 4.74 Å². The number of hydrogen-bond acceptors (Lipinski definition) is 5. The van der Waals surface area contributed by atoms with E-state index in [1.807, 2.05) is 49.7 Å². The SMILES string of the molecule is CC(C)Oc1cccnc1C(=O)O[C@H](C)c1nc2ccccc2n1C. The van der Waals surface area contributed by atoms with Crippen LogP contribution in [0.1, 0.15) is 43.2 Å². The lowest BCUT2D eigenvalue weighted by atomic mass is 10.3. The van der Waals surface area contributed by atoms with Crippen molar-refractivity contribution in [2.45, 2.75) is 33.0 Å². The largest absolute Gasteiger partial charge is 0.488 e. The minimum absolute atomic E-state index is 0.0620. The summed E-state index contributed by atoms with van der Waals surface area (Å²) in [4.78, 5) is 21.2. The zero-order valence-corrected chi connectivity index (χ0v) is 14.8. The molecule has 0 spiro atoms. The first-order chi connectivity index (χ1) is 12.0. The van der Waals surface area contributed by atoms with Gasteiger partial charge in [0, 0.05) is 13.2 Å². The molecule has 25 heavy (non-hydrogen) atoms. The third kappa shape index (κ3) is 3.47. The maximum absolute atomic E-state index is 12.6. The Hall–Kier alpha value is -2.89. The Morgan fingerprint density at radius 3 is 2.60 bits per heavy atom. The lowest BCUT2D eigenvalue weighted by Crippen LogP contribution is -2.16. The number of rotatable bonds is 5. The molecule has 0 amide bonds. The van der Waals surface area contributed by atoms with Gasteiger partial charge in [-0.3, -0.25) is 0 Å². The maximum atomic E-state index is 12.6. The first-order valence-corrected chi connectivity index (χ1v) is 8.21. The minimum atomic E-state index is -0.532. The Bertz CT molecular complexity index is 902. The van der Waals surface area contributed by atoms with Gasteiger partial charge in [-0.1, -0.05) is 12.1 Å². The number of esters is 1. The maximum Gasteiger partial charge on any atom is 0.361 e. The summed E-state index contributed by atoms with van der Waals surface area (Å²) in [7, 11) is 1.91. The number of aryl methyl sites for hydroxylation is 1. The zero-order chi connectivity index (χ0) is 18.0. The van der Waals surface area contributed by atoms with Crippen molar-refractivity contribution in [3.63, 3.8) is 0 Å². The molecule has 0 bridgehead atoms. The number of ether oxygens (including phenoxy) is 2. The predicted molar refractivity (Wildman–Crippen MR) is 94.5 cm³/mol. The monoisotopic (exact) mass is 339 g/mol. The molecule has 6 heteroatoms. The summed E-state index contributed by atoms with van der Waals surface area (Å²) in [5, 5.41) is 0. The fourth-order valence-electron chi connectivity index (χ4n) is 2.69. The molecular weight excluding hydrogens is 318 g/mol. The second-order valence-corrected chi connectivity index (χ2v) is 6.08. The summed E-state index contributed by atoms with van der Waals surface area (Å²) < 4.78 is 13.2. The summed E-state index contributed by atoms with van der Waals surface area (Å²) in [6.45, 7) is 5.58. The molecule has 0 radical (unpaired) electrons. The van der Waals surface area contributed by atoms with Gasteiger partial charge in [-0.15, -0.1) is 0 Å². The second kappa shape index (κ2) is 6.93. The van der Waals surface area contributed by atoms with Crippen LogP contribution in [-0.4, -0.2) is 26.6 Å². The number of hydrogen-bond donors (Lipinski definition) is 0. The van der Waals surface area contributed by atoms with Gasteiger partial charge >= 0.3 is 5.97 Å². The number of aromatic nitrogens is 3. The highest BCUT2D eigenvalue weighted by Crippen LogP contribution is 2.24. The van der Waals surface area contributed by atoms with Crippen LogP contribution in [0, 0.1) is 0 Å². The fraction of sp³-hybridized carbons (Fsp3) is 0.316. The molecule has 2 heterocycles. The van der Waals surface area contributed by atoms with Gasteiger partial charge in [0.25, 0.3) is 0 Å². The van der Waals surface area contributed by atoms with Gasteiger partial charge in [0.1, 0.15) is 0 Å². The van der Waals surface area contributed by atoms with Gasteiger partial charge in [-0.05, 0) is 45.0 Å². The number of pyridine rings is 1. The van der Waals surface area contributed by atoms with Crippen molar-refractivity contribution in [1.82, 2.24) is 14.5 Å². The molecule has 0 aliphatic heterocycles. The van der Waals surface area contributed by atoms with E-state index in [1.54, 1.807) is 25.3 Å². The predicted octanol–water partition coefficient (Wildman–Crippen LogP) is 3.67. The summed E-state index contributed by atoms with van der Waals surface area (Å²) in [5.41, 5.74) is 2.02. The first-order valence-electron chi connectivity index (χ1n) is 8.21. The highest BCUT2D eigenvalue weighted by molar-refractivity contribution is 5.90. The Morgan fingerprint density at radius 1 is 1.12 bits per heavy atom. The topological polar surface area (TPSA) is 66.2 Å². The molecular formula is C19H21N3O3. The average Bonchev–Trinajstić information content (AvgIpc) is 2.92. The summed E-state index contributed by atoms with van der Waals surface area (Å²) in [6.07, 6.45) is 0.968. The van der Waals surface area contributed by atoms with E-state index < -0.39 is 12.1 Å². The second-order valence-electron chi connectivity index (χ2n) is 6.08. The van der Waals surface area contributed by atoms with Gasteiger partial charge in [0.15, 0.2) is 23.4 Å². The average molecular weight is 339 g/mol. The van der Waals surface area contributed by atoms with Crippen LogP contribution in [0.15, 0.2) is 42.6 Å². The van der Waals surface area contributed by atoms with E-state index in [1.165, 1.54) is 0 Å². The molecule has 0 aliphatic carbocycles. The Labute approximate surface area is 146 Å². The molecule has 3 rings (SSSR count). The van der Waals surface area contributed by atoms with Gasteiger partial charge in [0.05, 0.1) is 17.1 Å². The van der Waals surface area contributed by atoms with E-state index in [9.17, 15) is 4.79 Å². The molecule has 0 saturated heterocycles. The molecule has 130 valence electrons. The highest BCUT2D eigenvalue weighted by Gasteiger charge is 2.22. The van der Waals surface area contributed by atoms with Crippen molar-refractivity contribution in [2.75, 3.05) is 0 Å². The van der Waals surface area contributed by atoms with Crippen LogP contribution >= 0.6 is 0 Å². The van der Waals surface area contributed by atoms with Crippen LogP contribution in [0.5, 0.6) is 5.75 Å². The van der Waals surface area contributed by atoms with Gasteiger partial charge < -0.3 is 14.0 Å². The molecule has 0 saturated carbocycles. The third-order valence-corrected chi connectivity index (χ3v) is 3.80. The number of para-hydroxylation sites is 2. The number of nitrogens with zero attached hydrogens (tertiary/aromatic N) is 3. The third-order valence-electron chi connectivity index (χ3n) is 3.80. The van der Waals surface area contributed by atoms with Crippen LogP contribution in [0.3, 0.4) is 0 Å². The normalized spacial score (nSPS) is 12.4. The number of fused-ring (bicyclic) bond motifs is 1. The van der Waals surface area contributed by atoms with Crippen LogP contribution in [0.25, 0.3) is 11.0 Å². The lowest BCUT2D eigenvalue weighted by molar-refractivity contribution is 0.0302. The van der Waals surface area contributed by atoms with Crippen molar-refractivity contribution >= 4 is 17.0 Å². The van der Waals surface area contributed by atoms with E-state index in [0.29, 0.717) is 11.6 Å². The van der Waals surface area contributed by atoms with E-state index in [-0.39, 0.29) is 11.8 Å². The van der Waals surface area contributed by atoms with E-state index in [2.05, 4.69) is 9.97 Å². The minimum Gasteiger partial charge on any atom is -0.488 e. The summed E-state index contributed by atoms with van der Waals surface area (Å²) >= 11 is 0. The molecule has 0 fully saturated rings.